The Morgan fingerprint density at radius 1 is 1.08 bits per heavy atom. The Labute approximate surface area is 204 Å². The lowest BCUT2D eigenvalue weighted by atomic mass is 9.98. The molecule has 0 bridgehead atoms. The van der Waals surface area contributed by atoms with E-state index in [-0.39, 0.29) is 11.8 Å². The number of nitrogens with one attached hydrogen (secondary N) is 1. The summed E-state index contributed by atoms with van der Waals surface area (Å²) in [4.78, 5) is 21.7. The molecule has 3 aromatic heterocycles. The first-order chi connectivity index (χ1) is 16.8. The third-order valence-corrected chi connectivity index (χ3v) is 6.46. The number of benzene rings is 1. The first-order valence-corrected chi connectivity index (χ1v) is 11.2. The number of carbonyl (C=O) groups excluding carboxylic acids is 1. The van der Waals surface area contributed by atoms with Crippen molar-refractivity contribution in [1.29, 1.82) is 0 Å². The fourth-order valence-corrected chi connectivity index (χ4v) is 4.43. The first-order valence-electron chi connectivity index (χ1n) is 10.4. The number of pyridine rings is 1. The number of hydrogen-bond donors (Lipinski definition) is 1. The number of nitrogens with zero attached hydrogens (tertiary/aromatic N) is 4. The fourth-order valence-electron chi connectivity index (χ4n) is 3.49. The van der Waals surface area contributed by atoms with Crippen LogP contribution in [0.1, 0.15) is 45.0 Å². The van der Waals surface area contributed by atoms with Crippen molar-refractivity contribution >= 4 is 22.9 Å². The van der Waals surface area contributed by atoms with E-state index in [1.54, 1.807) is 31.3 Å². The molecule has 0 fully saturated rings. The van der Waals surface area contributed by atoms with Crippen LogP contribution < -0.4 is 5.32 Å². The van der Waals surface area contributed by atoms with Crippen molar-refractivity contribution in [2.75, 3.05) is 5.32 Å². The van der Waals surface area contributed by atoms with Gasteiger partial charge in [0.05, 0.1) is 40.4 Å². The second-order valence-electron chi connectivity index (χ2n) is 7.79. The molecule has 1 unspecified atom stereocenters. The molecule has 0 radical (unpaired) electrons. The molecule has 36 heavy (non-hydrogen) atoms. The van der Waals surface area contributed by atoms with Gasteiger partial charge in [-0.1, -0.05) is 12.1 Å². The average Bonchev–Trinajstić information content (AvgIpc) is 3.44. The number of halogens is 6. The van der Waals surface area contributed by atoms with Crippen LogP contribution in [0.2, 0.25) is 0 Å². The number of hydrogen-bond acceptors (Lipinski definition) is 5. The lowest BCUT2D eigenvalue weighted by molar-refractivity contribution is -0.143. The Hall–Kier alpha value is -3.74. The average molecular weight is 525 g/mol. The summed E-state index contributed by atoms with van der Waals surface area (Å²) in [7, 11) is 0. The smallest absolute Gasteiger partial charge is 0.319 e. The molecule has 1 atom stereocenters. The number of aromatic nitrogens is 4. The number of amides is 1. The van der Waals surface area contributed by atoms with Gasteiger partial charge in [-0.25, -0.2) is 4.98 Å². The van der Waals surface area contributed by atoms with Gasteiger partial charge in [0.25, 0.3) is 5.91 Å². The van der Waals surface area contributed by atoms with E-state index in [4.69, 9.17) is 0 Å². The summed E-state index contributed by atoms with van der Waals surface area (Å²) in [5, 5.41) is 7.17. The van der Waals surface area contributed by atoms with Gasteiger partial charge < -0.3 is 5.32 Å². The second kappa shape index (κ2) is 9.37. The highest BCUT2D eigenvalue weighted by Crippen LogP contribution is 2.40. The maximum Gasteiger partial charge on any atom is 0.416 e. The highest BCUT2D eigenvalue weighted by molar-refractivity contribution is 7.17. The lowest BCUT2D eigenvalue weighted by Gasteiger charge is -2.20. The van der Waals surface area contributed by atoms with Gasteiger partial charge in [-0.3, -0.25) is 14.5 Å². The highest BCUT2D eigenvalue weighted by atomic mass is 32.1. The Kier molecular flexibility index (Phi) is 6.60. The molecule has 1 N–H and O–H groups in total. The second-order valence-corrected chi connectivity index (χ2v) is 8.78. The van der Waals surface area contributed by atoms with E-state index in [0.717, 1.165) is 22.1 Å². The fraction of sp³-hybridized carbons (Fsp3) is 0.217. The van der Waals surface area contributed by atoms with Crippen molar-refractivity contribution in [1.82, 2.24) is 19.7 Å². The highest BCUT2D eigenvalue weighted by Gasteiger charge is 2.39. The molecule has 0 aliphatic carbocycles. The van der Waals surface area contributed by atoms with Crippen LogP contribution in [-0.2, 0) is 12.4 Å². The van der Waals surface area contributed by atoms with E-state index in [0.29, 0.717) is 27.3 Å². The molecule has 1 aromatic carbocycles. The molecule has 0 aliphatic rings. The third kappa shape index (κ3) is 5.25. The molecule has 0 saturated carbocycles. The molecule has 4 rings (SSSR count). The van der Waals surface area contributed by atoms with Crippen LogP contribution in [0.25, 0.3) is 10.7 Å². The predicted octanol–water partition coefficient (Wildman–Crippen LogP) is 6.61. The maximum absolute atomic E-state index is 13.6. The van der Waals surface area contributed by atoms with Crippen LogP contribution in [0.3, 0.4) is 0 Å². The molecule has 3 heterocycles. The number of aryl methyl sites for hydroxylation is 1. The summed E-state index contributed by atoms with van der Waals surface area (Å²) in [6.07, 6.45) is -5.79. The Balaban J connectivity index is 1.57. The van der Waals surface area contributed by atoms with Gasteiger partial charge in [0.15, 0.2) is 0 Å². The quantitative estimate of drug-likeness (QED) is 0.298. The van der Waals surface area contributed by atoms with E-state index in [1.165, 1.54) is 19.3 Å². The van der Waals surface area contributed by atoms with Crippen LogP contribution in [0, 0.1) is 6.92 Å². The van der Waals surface area contributed by atoms with E-state index in [2.05, 4.69) is 20.4 Å². The zero-order valence-electron chi connectivity index (χ0n) is 18.6. The van der Waals surface area contributed by atoms with Crippen molar-refractivity contribution < 1.29 is 31.1 Å². The molecule has 13 heteroatoms. The molecule has 188 valence electrons. The number of thiazole rings is 1. The Morgan fingerprint density at radius 2 is 1.83 bits per heavy atom. The largest absolute Gasteiger partial charge is 0.416 e. The molecule has 0 saturated heterocycles. The summed E-state index contributed by atoms with van der Waals surface area (Å²) in [6, 6.07) is 5.68. The number of carbonyl (C=O) groups is 1. The number of rotatable bonds is 5. The van der Waals surface area contributed by atoms with Gasteiger partial charge >= 0.3 is 12.4 Å². The van der Waals surface area contributed by atoms with Crippen LogP contribution >= 0.6 is 11.3 Å². The molecule has 4 aromatic rings. The molecule has 0 spiro atoms. The lowest BCUT2D eigenvalue weighted by Crippen LogP contribution is -2.17. The monoisotopic (exact) mass is 525 g/mol. The van der Waals surface area contributed by atoms with E-state index < -0.39 is 41.0 Å². The molecular formula is C23H17F6N5OS. The Morgan fingerprint density at radius 3 is 2.47 bits per heavy atom. The van der Waals surface area contributed by atoms with E-state index in [9.17, 15) is 31.1 Å². The topological polar surface area (TPSA) is 72.7 Å². The van der Waals surface area contributed by atoms with Crippen molar-refractivity contribution in [3.63, 3.8) is 0 Å². The zero-order chi connectivity index (χ0) is 26.3. The number of alkyl halides is 6. The minimum absolute atomic E-state index is 0.0871. The van der Waals surface area contributed by atoms with Crippen molar-refractivity contribution in [3.8, 4) is 10.7 Å². The van der Waals surface area contributed by atoms with Gasteiger partial charge in [0, 0.05) is 12.4 Å². The SMILES string of the molecule is Cc1nc(-c2ccccn2)sc1C(=O)Nc1cnn(C(C)c2ccc(C(F)(F)F)cc2C(F)(F)F)c1. The van der Waals surface area contributed by atoms with Crippen molar-refractivity contribution in [3.05, 3.63) is 82.3 Å². The van der Waals surface area contributed by atoms with E-state index >= 15 is 0 Å². The maximum atomic E-state index is 13.6. The Bertz CT molecular complexity index is 1390. The van der Waals surface area contributed by atoms with Gasteiger partial charge in [-0.05, 0) is 43.7 Å². The van der Waals surface area contributed by atoms with Crippen LogP contribution in [-0.4, -0.2) is 25.7 Å². The number of anilines is 1. The van der Waals surface area contributed by atoms with Crippen LogP contribution in [0.15, 0.2) is 55.0 Å². The van der Waals surface area contributed by atoms with Crippen molar-refractivity contribution in [2.24, 2.45) is 0 Å². The summed E-state index contributed by atoms with van der Waals surface area (Å²) in [5.41, 5.74) is -1.94. The zero-order valence-corrected chi connectivity index (χ0v) is 19.5. The van der Waals surface area contributed by atoms with Gasteiger partial charge in [0.2, 0.25) is 0 Å². The van der Waals surface area contributed by atoms with E-state index in [1.807, 2.05) is 0 Å². The molecule has 0 aliphatic heterocycles. The van der Waals surface area contributed by atoms with Gasteiger partial charge in [-0.15, -0.1) is 11.3 Å². The normalized spacial score (nSPS) is 13.0. The van der Waals surface area contributed by atoms with Crippen LogP contribution in [0.4, 0.5) is 32.0 Å². The molecular weight excluding hydrogens is 508 g/mol. The third-order valence-electron chi connectivity index (χ3n) is 5.28. The first kappa shape index (κ1) is 25.4. The summed E-state index contributed by atoms with van der Waals surface area (Å²) >= 11 is 1.13. The van der Waals surface area contributed by atoms with Gasteiger partial charge in [0.1, 0.15) is 9.88 Å². The van der Waals surface area contributed by atoms with Crippen LogP contribution in [0.5, 0.6) is 0 Å². The minimum atomic E-state index is -5.01. The molecule has 6 nitrogen and oxygen atoms in total. The predicted molar refractivity (Wildman–Crippen MR) is 121 cm³/mol. The summed E-state index contributed by atoms with van der Waals surface area (Å²) in [5.74, 6) is -0.495. The van der Waals surface area contributed by atoms with Crippen molar-refractivity contribution in [2.45, 2.75) is 32.2 Å². The minimum Gasteiger partial charge on any atom is -0.319 e. The molecule has 1 amide bonds. The van der Waals surface area contributed by atoms with Gasteiger partial charge in [-0.2, -0.15) is 31.4 Å². The summed E-state index contributed by atoms with van der Waals surface area (Å²) in [6.45, 7) is 3.02. The standard InChI is InChI=1S/C23H17F6N5OS/c1-12-19(36-21(32-12)18-5-3-4-8-30-18)20(35)33-15-10-31-34(11-15)13(2)16-7-6-14(22(24,25)26)9-17(16)23(27,28)29/h3-11,13H,1-2H3,(H,33,35). The summed E-state index contributed by atoms with van der Waals surface area (Å²) < 4.78 is 80.7.